The maximum absolute atomic E-state index is 13.2. The van der Waals surface area contributed by atoms with Gasteiger partial charge in [0.1, 0.15) is 5.82 Å². The molecule has 1 atom stereocenters. The van der Waals surface area contributed by atoms with Gasteiger partial charge in [0.05, 0.1) is 5.02 Å². The first-order valence-electron chi connectivity index (χ1n) is 5.35. The van der Waals surface area contributed by atoms with Crippen LogP contribution in [-0.2, 0) is 6.42 Å². The van der Waals surface area contributed by atoms with Gasteiger partial charge in [-0.3, -0.25) is 0 Å². The molecule has 0 heterocycles. The molecular weight excluding hydrogens is 251 g/mol. The summed E-state index contributed by atoms with van der Waals surface area (Å²) in [6, 6.07) is 1.82. The molecule has 0 saturated heterocycles. The van der Waals surface area contributed by atoms with Gasteiger partial charge in [-0.25, -0.2) is 13.2 Å². The van der Waals surface area contributed by atoms with E-state index >= 15 is 0 Å². The number of hydrogen-bond acceptors (Lipinski definition) is 0. The van der Waals surface area contributed by atoms with Crippen molar-refractivity contribution in [3.05, 3.63) is 39.8 Å². The zero-order valence-electron chi connectivity index (χ0n) is 9.44. The quantitative estimate of drug-likeness (QED) is 0.730. The van der Waals surface area contributed by atoms with Crippen LogP contribution in [0.4, 0.5) is 13.2 Å². The van der Waals surface area contributed by atoms with Crippen molar-refractivity contribution < 1.29 is 13.2 Å². The molecule has 96 valence electrons. The molecule has 0 fully saturated rings. The molecule has 0 spiro atoms. The topological polar surface area (TPSA) is 23.8 Å². The molecule has 0 bridgehead atoms. The molecule has 0 radical (unpaired) electrons. The second-order valence-electron chi connectivity index (χ2n) is 4.04. The van der Waals surface area contributed by atoms with E-state index in [2.05, 4.69) is 0 Å². The largest absolute Gasteiger partial charge is 0.670 e. The highest BCUT2D eigenvalue weighted by molar-refractivity contribution is 6.30. The van der Waals surface area contributed by atoms with E-state index in [1.807, 2.05) is 0 Å². The minimum atomic E-state index is -2.60. The number of halogens is 4. The van der Waals surface area contributed by atoms with Gasteiger partial charge in [0.15, 0.2) is 0 Å². The molecular formula is C12H14ClF3N-. The molecule has 0 aliphatic heterocycles. The maximum atomic E-state index is 13.2. The molecule has 17 heavy (non-hydrogen) atoms. The Kier molecular flexibility index (Phi) is 5.28. The lowest BCUT2D eigenvalue weighted by molar-refractivity contribution is 0.127. The molecule has 0 amide bonds. The highest BCUT2D eigenvalue weighted by atomic mass is 35.5. The average Bonchev–Trinajstić information content (AvgIpc) is 2.25. The molecule has 0 aliphatic rings. The van der Waals surface area contributed by atoms with E-state index in [0.29, 0.717) is 18.4 Å². The molecule has 0 unspecified atom stereocenters. The van der Waals surface area contributed by atoms with Gasteiger partial charge < -0.3 is 5.73 Å². The van der Waals surface area contributed by atoms with E-state index in [0.717, 1.165) is 5.56 Å². The number of aryl methyl sites for hydroxylation is 2. The van der Waals surface area contributed by atoms with Gasteiger partial charge in [0.25, 0.3) is 0 Å². The van der Waals surface area contributed by atoms with Gasteiger partial charge in [-0.1, -0.05) is 36.6 Å². The van der Waals surface area contributed by atoms with Crippen LogP contribution in [0.1, 0.15) is 24.0 Å². The summed E-state index contributed by atoms with van der Waals surface area (Å²) in [5.41, 5.74) is 8.34. The Balaban J connectivity index is 2.53. The van der Waals surface area contributed by atoms with Gasteiger partial charge in [0.2, 0.25) is 6.43 Å². The minimum Gasteiger partial charge on any atom is -0.670 e. The summed E-state index contributed by atoms with van der Waals surface area (Å²) in [5.74, 6) is -0.443. The molecule has 1 aromatic carbocycles. The SMILES string of the molecule is Cc1cc(CCC[C@@H]([NH-])C(F)F)cc(Cl)c1F. The Bertz CT molecular complexity index is 359. The summed E-state index contributed by atoms with van der Waals surface area (Å²) in [4.78, 5) is 0. The smallest absolute Gasteiger partial charge is 0.222 e. The molecule has 0 saturated carbocycles. The molecule has 1 aromatic rings. The van der Waals surface area contributed by atoms with Crippen LogP contribution < -0.4 is 0 Å². The van der Waals surface area contributed by atoms with Crippen LogP contribution in [0.15, 0.2) is 12.1 Å². The fourth-order valence-electron chi connectivity index (χ4n) is 1.59. The Morgan fingerprint density at radius 3 is 2.53 bits per heavy atom. The maximum Gasteiger partial charge on any atom is 0.222 e. The fraction of sp³-hybridized carbons (Fsp3) is 0.500. The van der Waals surface area contributed by atoms with E-state index in [1.165, 1.54) is 6.07 Å². The van der Waals surface area contributed by atoms with Gasteiger partial charge in [-0.15, -0.1) is 0 Å². The highest BCUT2D eigenvalue weighted by Gasteiger charge is 2.09. The van der Waals surface area contributed by atoms with Crippen molar-refractivity contribution in [2.75, 3.05) is 0 Å². The van der Waals surface area contributed by atoms with Crippen molar-refractivity contribution in [3.8, 4) is 0 Å². The van der Waals surface area contributed by atoms with Crippen LogP contribution in [0.25, 0.3) is 5.73 Å². The van der Waals surface area contributed by atoms with Crippen molar-refractivity contribution in [1.82, 2.24) is 0 Å². The molecule has 0 aromatic heterocycles. The molecule has 1 rings (SSSR count). The number of nitrogens with one attached hydrogen (secondary N) is 1. The summed E-state index contributed by atoms with van der Waals surface area (Å²) in [5, 5.41) is 0.0521. The van der Waals surface area contributed by atoms with Gasteiger partial charge >= 0.3 is 0 Å². The zero-order chi connectivity index (χ0) is 13.0. The van der Waals surface area contributed by atoms with E-state index in [1.54, 1.807) is 13.0 Å². The van der Waals surface area contributed by atoms with Crippen LogP contribution in [0.3, 0.4) is 0 Å². The summed E-state index contributed by atoms with van der Waals surface area (Å²) in [6.45, 7) is 1.61. The van der Waals surface area contributed by atoms with Crippen molar-refractivity contribution in [1.29, 1.82) is 0 Å². The Hall–Kier alpha value is -0.740. The molecule has 1 nitrogen and oxygen atoms in total. The number of rotatable bonds is 5. The summed E-state index contributed by atoms with van der Waals surface area (Å²) in [7, 11) is 0. The molecule has 1 N–H and O–H groups in total. The normalized spacial score (nSPS) is 13.1. The van der Waals surface area contributed by atoms with Crippen LogP contribution >= 0.6 is 11.6 Å². The highest BCUT2D eigenvalue weighted by Crippen LogP contribution is 2.22. The first kappa shape index (κ1) is 14.3. The third-order valence-corrected chi connectivity index (χ3v) is 2.83. The van der Waals surface area contributed by atoms with Gasteiger partial charge in [0, 0.05) is 0 Å². The van der Waals surface area contributed by atoms with Gasteiger partial charge in [-0.05, 0) is 30.5 Å². The Morgan fingerprint density at radius 1 is 1.35 bits per heavy atom. The second-order valence-corrected chi connectivity index (χ2v) is 4.45. The summed E-state index contributed by atoms with van der Waals surface area (Å²) >= 11 is 5.68. The molecule has 5 heteroatoms. The predicted molar refractivity (Wildman–Crippen MR) is 63.2 cm³/mol. The fourth-order valence-corrected chi connectivity index (χ4v) is 1.88. The van der Waals surface area contributed by atoms with Crippen LogP contribution in [0, 0.1) is 12.7 Å². The summed E-state index contributed by atoms with van der Waals surface area (Å²) in [6.07, 6.45) is -1.47. The predicted octanol–water partition coefficient (Wildman–Crippen LogP) is 4.80. The summed E-state index contributed by atoms with van der Waals surface area (Å²) < 4.78 is 37.4. The zero-order valence-corrected chi connectivity index (χ0v) is 10.2. The standard InChI is InChI=1S/C12H14ClF3N/c1-7-5-8(6-9(13)11(7)14)3-2-4-10(17)12(15)16/h5-6,10,12,17H,2-4H2,1H3/q-1/t10-/m1/s1. The lowest BCUT2D eigenvalue weighted by Gasteiger charge is -2.18. The number of hydrogen-bond donors (Lipinski definition) is 0. The van der Waals surface area contributed by atoms with Crippen molar-refractivity contribution >= 4 is 11.6 Å². The first-order valence-corrected chi connectivity index (χ1v) is 5.73. The van der Waals surface area contributed by atoms with Crippen LogP contribution in [0.2, 0.25) is 5.02 Å². The monoisotopic (exact) mass is 264 g/mol. The second kappa shape index (κ2) is 6.26. The third kappa shape index (κ3) is 4.21. The van der Waals surface area contributed by atoms with E-state index in [4.69, 9.17) is 17.3 Å². The van der Waals surface area contributed by atoms with Crippen LogP contribution in [-0.4, -0.2) is 12.5 Å². The van der Waals surface area contributed by atoms with Crippen molar-refractivity contribution in [2.45, 2.75) is 38.7 Å². The Labute approximate surface area is 104 Å². The van der Waals surface area contributed by atoms with Crippen LogP contribution in [0.5, 0.6) is 0 Å². The average molecular weight is 265 g/mol. The minimum absolute atomic E-state index is 0.0521. The Morgan fingerprint density at radius 2 is 2.00 bits per heavy atom. The number of alkyl halides is 2. The van der Waals surface area contributed by atoms with E-state index in [-0.39, 0.29) is 11.4 Å². The van der Waals surface area contributed by atoms with E-state index < -0.39 is 18.3 Å². The lowest BCUT2D eigenvalue weighted by atomic mass is 10.0. The van der Waals surface area contributed by atoms with E-state index in [9.17, 15) is 13.2 Å². The van der Waals surface area contributed by atoms with Crippen molar-refractivity contribution in [2.24, 2.45) is 0 Å². The first-order chi connectivity index (χ1) is 7.91. The third-order valence-electron chi connectivity index (χ3n) is 2.55. The lowest BCUT2D eigenvalue weighted by Crippen LogP contribution is -2.12. The van der Waals surface area contributed by atoms with Crippen molar-refractivity contribution in [3.63, 3.8) is 0 Å². The number of benzene rings is 1. The molecule has 0 aliphatic carbocycles. The van der Waals surface area contributed by atoms with Gasteiger partial charge in [-0.2, -0.15) is 0 Å².